The third-order valence-corrected chi connectivity index (χ3v) is 2.72. The molecule has 0 atom stereocenters. The van der Waals surface area contributed by atoms with Crippen LogP contribution >= 0.6 is 11.6 Å². The monoisotopic (exact) mass is 237 g/mol. The second-order valence-corrected chi connectivity index (χ2v) is 3.87. The quantitative estimate of drug-likeness (QED) is 0.844. The van der Waals surface area contributed by atoms with E-state index in [1.54, 1.807) is 19.2 Å². The SMILES string of the molecule is COc1ccc(-c2n[nH]c(C)c2N)cc1Cl. The van der Waals surface area contributed by atoms with Gasteiger partial charge in [-0.05, 0) is 25.1 Å². The molecule has 0 bridgehead atoms. The van der Waals surface area contributed by atoms with Crippen LogP contribution in [-0.4, -0.2) is 17.3 Å². The van der Waals surface area contributed by atoms with Crippen LogP contribution in [0.15, 0.2) is 18.2 Å². The number of nitrogen functional groups attached to an aromatic ring is 1. The normalized spacial score (nSPS) is 10.4. The molecule has 1 heterocycles. The van der Waals surface area contributed by atoms with Crippen LogP contribution < -0.4 is 10.5 Å². The Bertz CT molecular complexity index is 522. The van der Waals surface area contributed by atoms with E-state index in [4.69, 9.17) is 22.1 Å². The lowest BCUT2D eigenvalue weighted by Gasteiger charge is -2.04. The van der Waals surface area contributed by atoms with E-state index in [1.807, 2.05) is 13.0 Å². The summed E-state index contributed by atoms with van der Waals surface area (Å²) in [5, 5.41) is 7.51. The fraction of sp³-hybridized carbons (Fsp3) is 0.182. The van der Waals surface area contributed by atoms with Gasteiger partial charge in [0.05, 0.1) is 23.5 Å². The van der Waals surface area contributed by atoms with Crippen LogP contribution in [0.4, 0.5) is 5.69 Å². The van der Waals surface area contributed by atoms with E-state index >= 15 is 0 Å². The number of aryl methyl sites for hydroxylation is 1. The third-order valence-electron chi connectivity index (χ3n) is 2.42. The molecule has 0 aliphatic heterocycles. The first-order valence-corrected chi connectivity index (χ1v) is 5.15. The van der Waals surface area contributed by atoms with E-state index in [9.17, 15) is 0 Å². The first-order valence-electron chi connectivity index (χ1n) is 4.78. The van der Waals surface area contributed by atoms with Crippen molar-refractivity contribution in [1.82, 2.24) is 10.2 Å². The van der Waals surface area contributed by atoms with E-state index in [0.29, 0.717) is 22.2 Å². The first-order chi connectivity index (χ1) is 7.63. The lowest BCUT2D eigenvalue weighted by atomic mass is 10.1. The number of hydrogen-bond acceptors (Lipinski definition) is 3. The Morgan fingerprint density at radius 2 is 2.19 bits per heavy atom. The molecule has 4 nitrogen and oxygen atoms in total. The molecule has 0 aliphatic carbocycles. The maximum atomic E-state index is 6.03. The van der Waals surface area contributed by atoms with Gasteiger partial charge in [0.2, 0.25) is 0 Å². The van der Waals surface area contributed by atoms with Crippen molar-refractivity contribution in [2.45, 2.75) is 6.92 Å². The molecule has 1 aromatic heterocycles. The molecule has 1 aromatic carbocycles. The summed E-state index contributed by atoms with van der Waals surface area (Å²) in [6.45, 7) is 1.87. The summed E-state index contributed by atoms with van der Waals surface area (Å²) >= 11 is 6.03. The Hall–Kier alpha value is -1.68. The van der Waals surface area contributed by atoms with Gasteiger partial charge in [0.25, 0.3) is 0 Å². The number of ether oxygens (including phenoxy) is 1. The average Bonchev–Trinajstić information content (AvgIpc) is 2.60. The lowest BCUT2D eigenvalue weighted by Crippen LogP contribution is -1.90. The highest BCUT2D eigenvalue weighted by Gasteiger charge is 2.10. The zero-order chi connectivity index (χ0) is 11.7. The molecule has 2 aromatic rings. The predicted molar refractivity (Wildman–Crippen MR) is 64.7 cm³/mol. The van der Waals surface area contributed by atoms with Crippen molar-refractivity contribution in [3.8, 4) is 17.0 Å². The van der Waals surface area contributed by atoms with E-state index in [2.05, 4.69) is 10.2 Å². The number of nitrogens with two attached hydrogens (primary N) is 1. The number of aromatic nitrogens is 2. The van der Waals surface area contributed by atoms with Gasteiger partial charge in [0.1, 0.15) is 11.4 Å². The fourth-order valence-corrected chi connectivity index (χ4v) is 1.73. The number of nitrogens with zero attached hydrogens (tertiary/aromatic N) is 1. The van der Waals surface area contributed by atoms with Crippen molar-refractivity contribution < 1.29 is 4.74 Å². The van der Waals surface area contributed by atoms with Crippen molar-refractivity contribution in [2.75, 3.05) is 12.8 Å². The number of methoxy groups -OCH3 is 1. The highest BCUT2D eigenvalue weighted by Crippen LogP contribution is 2.32. The maximum absolute atomic E-state index is 6.03. The molecule has 0 radical (unpaired) electrons. The number of nitrogens with one attached hydrogen (secondary N) is 1. The Morgan fingerprint density at radius 3 is 2.69 bits per heavy atom. The predicted octanol–water partition coefficient (Wildman–Crippen LogP) is 2.63. The fourth-order valence-electron chi connectivity index (χ4n) is 1.47. The summed E-state index contributed by atoms with van der Waals surface area (Å²) in [5.74, 6) is 0.635. The summed E-state index contributed by atoms with van der Waals surface area (Å²) in [5.41, 5.74) is 8.95. The topological polar surface area (TPSA) is 63.9 Å². The van der Waals surface area contributed by atoms with E-state index < -0.39 is 0 Å². The highest BCUT2D eigenvalue weighted by atomic mass is 35.5. The van der Waals surface area contributed by atoms with Crippen LogP contribution in [0.1, 0.15) is 5.69 Å². The summed E-state index contributed by atoms with van der Waals surface area (Å²) < 4.78 is 5.08. The molecule has 5 heteroatoms. The molecule has 0 saturated heterocycles. The van der Waals surface area contributed by atoms with Gasteiger partial charge in [0.15, 0.2) is 0 Å². The van der Waals surface area contributed by atoms with Gasteiger partial charge in [-0.15, -0.1) is 0 Å². The highest BCUT2D eigenvalue weighted by molar-refractivity contribution is 6.32. The Balaban J connectivity index is 2.49. The number of H-pyrrole nitrogens is 1. The molecule has 0 amide bonds. The number of rotatable bonds is 2. The van der Waals surface area contributed by atoms with E-state index in [1.165, 1.54) is 0 Å². The smallest absolute Gasteiger partial charge is 0.137 e. The second kappa shape index (κ2) is 4.06. The van der Waals surface area contributed by atoms with Gasteiger partial charge >= 0.3 is 0 Å². The van der Waals surface area contributed by atoms with Crippen molar-refractivity contribution in [3.63, 3.8) is 0 Å². The standard InChI is InChI=1S/C11H12ClN3O/c1-6-10(13)11(15-14-6)7-3-4-9(16-2)8(12)5-7/h3-5H,13H2,1-2H3,(H,14,15). The van der Waals surface area contributed by atoms with E-state index in [-0.39, 0.29) is 0 Å². The number of aromatic amines is 1. The van der Waals surface area contributed by atoms with Gasteiger partial charge in [-0.25, -0.2) is 0 Å². The molecule has 0 spiro atoms. The minimum Gasteiger partial charge on any atom is -0.495 e. The van der Waals surface area contributed by atoms with Crippen LogP contribution in [0.25, 0.3) is 11.3 Å². The molecule has 2 rings (SSSR count). The summed E-state index contributed by atoms with van der Waals surface area (Å²) in [4.78, 5) is 0. The molecule has 0 fully saturated rings. The molecule has 84 valence electrons. The molecule has 3 N–H and O–H groups in total. The van der Waals surface area contributed by atoms with Crippen LogP contribution in [0, 0.1) is 6.92 Å². The zero-order valence-electron chi connectivity index (χ0n) is 9.04. The second-order valence-electron chi connectivity index (χ2n) is 3.46. The van der Waals surface area contributed by atoms with Crippen molar-refractivity contribution in [3.05, 3.63) is 28.9 Å². The molecule has 0 saturated carbocycles. The molecule has 16 heavy (non-hydrogen) atoms. The van der Waals surface area contributed by atoms with Crippen LogP contribution in [0.3, 0.4) is 0 Å². The molecular weight excluding hydrogens is 226 g/mol. The number of benzene rings is 1. The minimum absolute atomic E-state index is 0.542. The average molecular weight is 238 g/mol. The lowest BCUT2D eigenvalue weighted by molar-refractivity contribution is 0.415. The van der Waals surface area contributed by atoms with Gasteiger partial charge in [-0.1, -0.05) is 11.6 Å². The van der Waals surface area contributed by atoms with Crippen molar-refractivity contribution in [1.29, 1.82) is 0 Å². The van der Waals surface area contributed by atoms with Crippen LogP contribution in [0.5, 0.6) is 5.75 Å². The van der Waals surface area contributed by atoms with Gasteiger partial charge in [-0.2, -0.15) is 5.10 Å². The minimum atomic E-state index is 0.542. The summed E-state index contributed by atoms with van der Waals surface area (Å²) in [7, 11) is 1.58. The van der Waals surface area contributed by atoms with Gasteiger partial charge in [0, 0.05) is 5.56 Å². The zero-order valence-corrected chi connectivity index (χ0v) is 9.80. The van der Waals surface area contributed by atoms with Crippen LogP contribution in [0.2, 0.25) is 5.02 Å². The Morgan fingerprint density at radius 1 is 1.44 bits per heavy atom. The van der Waals surface area contributed by atoms with Crippen molar-refractivity contribution in [2.24, 2.45) is 0 Å². The number of anilines is 1. The third kappa shape index (κ3) is 1.72. The first kappa shape index (κ1) is 10.8. The maximum Gasteiger partial charge on any atom is 0.137 e. The van der Waals surface area contributed by atoms with Gasteiger partial charge < -0.3 is 10.5 Å². The Kier molecular flexibility index (Phi) is 2.75. The largest absolute Gasteiger partial charge is 0.495 e. The van der Waals surface area contributed by atoms with E-state index in [0.717, 1.165) is 11.3 Å². The molecule has 0 unspecified atom stereocenters. The van der Waals surface area contributed by atoms with Gasteiger partial charge in [-0.3, -0.25) is 5.10 Å². The van der Waals surface area contributed by atoms with Crippen LogP contribution in [-0.2, 0) is 0 Å². The molecule has 0 aliphatic rings. The summed E-state index contributed by atoms with van der Waals surface area (Å²) in [6, 6.07) is 5.45. The molecular formula is C11H12ClN3O. The van der Waals surface area contributed by atoms with Crippen molar-refractivity contribution >= 4 is 17.3 Å². The Labute approximate surface area is 98.4 Å². The number of hydrogen-bond donors (Lipinski definition) is 2. The number of halogens is 1. The summed E-state index contributed by atoms with van der Waals surface area (Å²) in [6.07, 6.45) is 0.